The van der Waals surface area contributed by atoms with Crippen LogP contribution in [0.25, 0.3) is 10.9 Å². The number of aliphatic imine (C=N–C) groups is 1. The van der Waals surface area contributed by atoms with Gasteiger partial charge in [0.2, 0.25) is 0 Å². The van der Waals surface area contributed by atoms with Gasteiger partial charge in [0.15, 0.2) is 5.96 Å². The molecule has 116 valence electrons. The smallest absolute Gasteiger partial charge is 0.191 e. The molecule has 0 atom stereocenters. The van der Waals surface area contributed by atoms with Crippen LogP contribution in [0.1, 0.15) is 25.0 Å². The minimum atomic E-state index is 0. The number of hydrogen-bond acceptors (Lipinski definition) is 1. The van der Waals surface area contributed by atoms with Crippen molar-refractivity contribution in [1.29, 1.82) is 0 Å². The van der Waals surface area contributed by atoms with Gasteiger partial charge in [-0.2, -0.15) is 0 Å². The summed E-state index contributed by atoms with van der Waals surface area (Å²) in [5, 5.41) is 7.99. The van der Waals surface area contributed by atoms with Crippen LogP contribution in [0.4, 0.5) is 0 Å². The zero-order valence-electron chi connectivity index (χ0n) is 13.2. The first kappa shape index (κ1) is 17.8. The maximum absolute atomic E-state index is 4.21. The van der Waals surface area contributed by atoms with Gasteiger partial charge in [0.25, 0.3) is 0 Å². The average Bonchev–Trinajstić information content (AvgIpc) is 2.82. The molecular formula is C16H25IN4. The Morgan fingerprint density at radius 2 is 2.10 bits per heavy atom. The van der Waals surface area contributed by atoms with Crippen molar-refractivity contribution in [3.63, 3.8) is 0 Å². The fourth-order valence-corrected chi connectivity index (χ4v) is 2.43. The highest BCUT2D eigenvalue weighted by Crippen LogP contribution is 2.22. The molecule has 1 aromatic heterocycles. The van der Waals surface area contributed by atoms with Gasteiger partial charge in [-0.05, 0) is 44.4 Å². The van der Waals surface area contributed by atoms with Crippen molar-refractivity contribution < 1.29 is 0 Å². The number of benzene rings is 1. The normalized spacial score (nSPS) is 11.6. The predicted molar refractivity (Wildman–Crippen MR) is 102 cm³/mol. The first-order valence-corrected chi connectivity index (χ1v) is 7.14. The molecule has 21 heavy (non-hydrogen) atoms. The molecule has 0 amide bonds. The van der Waals surface area contributed by atoms with Gasteiger partial charge in [0, 0.05) is 36.7 Å². The van der Waals surface area contributed by atoms with E-state index >= 15 is 0 Å². The van der Waals surface area contributed by atoms with E-state index in [9.17, 15) is 0 Å². The number of rotatable bonds is 4. The van der Waals surface area contributed by atoms with Crippen LogP contribution < -0.4 is 10.6 Å². The quantitative estimate of drug-likeness (QED) is 0.420. The molecule has 0 fully saturated rings. The Bertz CT molecular complexity index is 601. The van der Waals surface area contributed by atoms with Crippen molar-refractivity contribution >= 4 is 40.8 Å². The molecule has 0 bridgehead atoms. The maximum Gasteiger partial charge on any atom is 0.191 e. The second-order valence-electron chi connectivity index (χ2n) is 5.36. The van der Waals surface area contributed by atoms with Gasteiger partial charge in [-0.25, -0.2) is 0 Å². The Hall–Kier alpha value is -1.24. The highest BCUT2D eigenvalue weighted by Gasteiger charge is 2.06. The summed E-state index contributed by atoms with van der Waals surface area (Å²) in [4.78, 5) is 7.55. The number of halogens is 1. The summed E-state index contributed by atoms with van der Waals surface area (Å²) < 4.78 is 0. The molecule has 0 aliphatic heterocycles. The summed E-state index contributed by atoms with van der Waals surface area (Å²) in [5.41, 5.74) is 3.89. The summed E-state index contributed by atoms with van der Waals surface area (Å²) >= 11 is 0. The lowest BCUT2D eigenvalue weighted by Gasteiger charge is -2.14. The van der Waals surface area contributed by atoms with E-state index in [0.29, 0.717) is 6.04 Å². The number of H-pyrrole nitrogens is 1. The second-order valence-corrected chi connectivity index (χ2v) is 5.36. The molecule has 2 rings (SSSR count). The first-order chi connectivity index (χ1) is 9.61. The molecule has 3 N–H and O–H groups in total. The fourth-order valence-electron chi connectivity index (χ4n) is 2.43. The molecule has 0 saturated carbocycles. The third-order valence-electron chi connectivity index (χ3n) is 3.33. The third kappa shape index (κ3) is 4.62. The highest BCUT2D eigenvalue weighted by atomic mass is 127. The Kier molecular flexibility index (Phi) is 7.01. The standard InChI is InChI=1S/C16H24N4.HI/c1-11(2)20-16(17-4)18-9-8-13-10-19-14-7-5-6-12(3)15(13)14;/h5-7,10-11,19H,8-9H2,1-4H3,(H2,17,18,20);1H. The average molecular weight is 400 g/mol. The van der Waals surface area contributed by atoms with Crippen molar-refractivity contribution in [3.8, 4) is 0 Å². The van der Waals surface area contributed by atoms with Crippen molar-refractivity contribution in [2.75, 3.05) is 13.6 Å². The minimum absolute atomic E-state index is 0. The predicted octanol–water partition coefficient (Wildman–Crippen LogP) is 3.21. The van der Waals surface area contributed by atoms with Gasteiger partial charge < -0.3 is 15.6 Å². The molecule has 0 saturated heterocycles. The van der Waals surface area contributed by atoms with Crippen LogP contribution in [0, 0.1) is 6.92 Å². The molecule has 4 nitrogen and oxygen atoms in total. The third-order valence-corrected chi connectivity index (χ3v) is 3.33. The van der Waals surface area contributed by atoms with Gasteiger partial charge in [-0.3, -0.25) is 4.99 Å². The molecule has 0 spiro atoms. The summed E-state index contributed by atoms with van der Waals surface area (Å²) in [6.45, 7) is 7.24. The number of guanidine groups is 1. The zero-order valence-corrected chi connectivity index (χ0v) is 15.5. The maximum atomic E-state index is 4.21. The van der Waals surface area contributed by atoms with Crippen LogP contribution in [0.15, 0.2) is 29.4 Å². The number of aromatic amines is 1. The van der Waals surface area contributed by atoms with Crippen LogP contribution in [0.3, 0.4) is 0 Å². The van der Waals surface area contributed by atoms with Crippen LogP contribution in [-0.4, -0.2) is 30.6 Å². The van der Waals surface area contributed by atoms with Gasteiger partial charge in [-0.15, -0.1) is 24.0 Å². The number of fused-ring (bicyclic) bond motifs is 1. The molecule has 0 aliphatic carbocycles. The fraction of sp³-hybridized carbons (Fsp3) is 0.438. The first-order valence-electron chi connectivity index (χ1n) is 7.14. The lowest BCUT2D eigenvalue weighted by atomic mass is 10.1. The number of hydrogen-bond donors (Lipinski definition) is 3. The lowest BCUT2D eigenvalue weighted by Crippen LogP contribution is -2.41. The number of nitrogens with zero attached hydrogens (tertiary/aromatic N) is 1. The van der Waals surface area contributed by atoms with E-state index in [2.05, 4.69) is 65.8 Å². The van der Waals surface area contributed by atoms with E-state index in [1.165, 1.54) is 22.0 Å². The largest absolute Gasteiger partial charge is 0.361 e. The van der Waals surface area contributed by atoms with Crippen LogP contribution in [0.2, 0.25) is 0 Å². The molecule has 5 heteroatoms. The lowest BCUT2D eigenvalue weighted by molar-refractivity contribution is 0.698. The zero-order chi connectivity index (χ0) is 14.5. The van der Waals surface area contributed by atoms with E-state index in [0.717, 1.165) is 18.9 Å². The van der Waals surface area contributed by atoms with Crippen LogP contribution in [-0.2, 0) is 6.42 Å². The monoisotopic (exact) mass is 400 g/mol. The highest BCUT2D eigenvalue weighted by molar-refractivity contribution is 14.0. The molecule has 0 unspecified atom stereocenters. The molecule has 1 heterocycles. The number of aromatic nitrogens is 1. The second kappa shape index (κ2) is 8.26. The summed E-state index contributed by atoms with van der Waals surface area (Å²) in [7, 11) is 1.80. The van der Waals surface area contributed by atoms with E-state index in [4.69, 9.17) is 0 Å². The number of aryl methyl sites for hydroxylation is 1. The Morgan fingerprint density at radius 1 is 1.33 bits per heavy atom. The van der Waals surface area contributed by atoms with Gasteiger partial charge >= 0.3 is 0 Å². The molecule has 2 aromatic rings. The van der Waals surface area contributed by atoms with Crippen LogP contribution in [0.5, 0.6) is 0 Å². The van der Waals surface area contributed by atoms with Crippen molar-refractivity contribution in [2.45, 2.75) is 33.2 Å². The number of nitrogens with one attached hydrogen (secondary N) is 3. The summed E-state index contributed by atoms with van der Waals surface area (Å²) in [6.07, 6.45) is 3.08. The topological polar surface area (TPSA) is 52.2 Å². The van der Waals surface area contributed by atoms with Crippen molar-refractivity contribution in [1.82, 2.24) is 15.6 Å². The minimum Gasteiger partial charge on any atom is -0.361 e. The van der Waals surface area contributed by atoms with E-state index < -0.39 is 0 Å². The van der Waals surface area contributed by atoms with Gasteiger partial charge in [-0.1, -0.05) is 12.1 Å². The van der Waals surface area contributed by atoms with E-state index in [-0.39, 0.29) is 24.0 Å². The van der Waals surface area contributed by atoms with Gasteiger partial charge in [0.1, 0.15) is 0 Å². The van der Waals surface area contributed by atoms with E-state index in [1.54, 1.807) is 7.05 Å². The van der Waals surface area contributed by atoms with Gasteiger partial charge in [0.05, 0.1) is 0 Å². The molecular weight excluding hydrogens is 375 g/mol. The Labute approximate surface area is 143 Å². The molecule has 0 aliphatic rings. The molecule has 1 aromatic carbocycles. The van der Waals surface area contributed by atoms with E-state index in [1.807, 2.05) is 0 Å². The summed E-state index contributed by atoms with van der Waals surface area (Å²) in [6, 6.07) is 6.76. The van der Waals surface area contributed by atoms with Crippen LogP contribution >= 0.6 is 24.0 Å². The van der Waals surface area contributed by atoms with Crippen molar-refractivity contribution in [3.05, 3.63) is 35.5 Å². The summed E-state index contributed by atoms with van der Waals surface area (Å²) in [5.74, 6) is 0.858. The Morgan fingerprint density at radius 3 is 2.76 bits per heavy atom. The Balaban J connectivity index is 0.00000220. The SMILES string of the molecule is CN=C(NCCc1c[nH]c2cccc(C)c12)NC(C)C.I. The van der Waals surface area contributed by atoms with Crippen molar-refractivity contribution in [2.24, 2.45) is 4.99 Å². The molecule has 0 radical (unpaired) electrons.